The summed E-state index contributed by atoms with van der Waals surface area (Å²) in [4.78, 5) is 2.35. The Hall–Kier alpha value is -1.89. The minimum Gasteiger partial charge on any atom is -0.319 e. The van der Waals surface area contributed by atoms with Crippen LogP contribution in [-0.2, 0) is 13.2 Å². The van der Waals surface area contributed by atoms with Crippen molar-refractivity contribution in [2.24, 2.45) is 7.05 Å². The number of halogens is 3. The predicted molar refractivity (Wildman–Crippen MR) is 84.4 cm³/mol. The monoisotopic (exact) mass is 338 g/mol. The van der Waals surface area contributed by atoms with E-state index < -0.39 is 11.7 Å². The van der Waals surface area contributed by atoms with Gasteiger partial charge in [-0.1, -0.05) is 19.1 Å². The standard InChI is InChI=1S/C17H21F3N4/c1-12(13-5-7-14(8-6-13)17(18,19)20)10-24-9-3-4-15(24)16-22-21-11-23(16)2/h5-8,11-12,15H,3-4,9-10H2,1-2H3/t12-,15-/m1/s1. The molecule has 1 aliphatic rings. The zero-order valence-corrected chi connectivity index (χ0v) is 13.8. The van der Waals surface area contributed by atoms with E-state index >= 15 is 0 Å². The van der Waals surface area contributed by atoms with Gasteiger partial charge in [0.25, 0.3) is 0 Å². The topological polar surface area (TPSA) is 34.0 Å². The van der Waals surface area contributed by atoms with Gasteiger partial charge in [-0.3, -0.25) is 4.90 Å². The molecule has 0 bridgehead atoms. The maximum absolute atomic E-state index is 12.7. The summed E-state index contributed by atoms with van der Waals surface area (Å²) in [6, 6.07) is 5.72. The van der Waals surface area contributed by atoms with Crippen LogP contribution in [0.3, 0.4) is 0 Å². The normalized spacial score (nSPS) is 20.5. The van der Waals surface area contributed by atoms with E-state index in [2.05, 4.69) is 22.0 Å². The van der Waals surface area contributed by atoms with Gasteiger partial charge in [-0.15, -0.1) is 10.2 Å². The summed E-state index contributed by atoms with van der Waals surface area (Å²) in [5.41, 5.74) is 0.322. The molecular formula is C17H21F3N4. The lowest BCUT2D eigenvalue weighted by atomic mass is 9.98. The first-order valence-corrected chi connectivity index (χ1v) is 8.11. The lowest BCUT2D eigenvalue weighted by molar-refractivity contribution is -0.137. The molecule has 0 saturated carbocycles. The second kappa shape index (κ2) is 6.55. The molecule has 1 aromatic heterocycles. The van der Waals surface area contributed by atoms with Gasteiger partial charge in [0.15, 0.2) is 0 Å². The van der Waals surface area contributed by atoms with Crippen LogP contribution in [0.1, 0.15) is 48.7 Å². The molecule has 1 aromatic carbocycles. The minimum absolute atomic E-state index is 0.154. The predicted octanol–water partition coefficient (Wildman–Crippen LogP) is 3.77. The van der Waals surface area contributed by atoms with Gasteiger partial charge in [-0.05, 0) is 43.0 Å². The number of benzene rings is 1. The summed E-state index contributed by atoms with van der Waals surface area (Å²) in [5.74, 6) is 1.10. The number of rotatable bonds is 4. The zero-order chi connectivity index (χ0) is 17.3. The third kappa shape index (κ3) is 3.45. The zero-order valence-electron chi connectivity index (χ0n) is 13.8. The summed E-state index contributed by atoms with van der Waals surface area (Å²) in [6.45, 7) is 3.82. The molecule has 24 heavy (non-hydrogen) atoms. The fourth-order valence-corrected chi connectivity index (χ4v) is 3.39. The first kappa shape index (κ1) is 17.0. The first-order chi connectivity index (χ1) is 11.4. The van der Waals surface area contributed by atoms with Crippen molar-refractivity contribution in [1.82, 2.24) is 19.7 Å². The Balaban J connectivity index is 1.70. The van der Waals surface area contributed by atoms with Gasteiger partial charge >= 0.3 is 6.18 Å². The van der Waals surface area contributed by atoms with Gasteiger partial charge in [0.1, 0.15) is 12.2 Å². The average Bonchev–Trinajstić information content (AvgIpc) is 3.15. The van der Waals surface area contributed by atoms with E-state index in [0.29, 0.717) is 0 Å². The largest absolute Gasteiger partial charge is 0.416 e. The summed E-state index contributed by atoms with van der Waals surface area (Å²) in [7, 11) is 1.94. The molecular weight excluding hydrogens is 317 g/mol. The SMILES string of the molecule is C[C@H](CN1CCC[C@@H]1c1nncn1C)c1ccc(C(F)(F)F)cc1. The lowest BCUT2D eigenvalue weighted by Crippen LogP contribution is -2.29. The highest BCUT2D eigenvalue weighted by Crippen LogP contribution is 2.34. The van der Waals surface area contributed by atoms with Crippen molar-refractivity contribution in [3.63, 3.8) is 0 Å². The van der Waals surface area contributed by atoms with E-state index in [-0.39, 0.29) is 12.0 Å². The number of likely N-dealkylation sites (tertiary alicyclic amines) is 1. The van der Waals surface area contributed by atoms with Crippen LogP contribution >= 0.6 is 0 Å². The summed E-state index contributed by atoms with van der Waals surface area (Å²) in [5, 5.41) is 8.16. The molecule has 130 valence electrons. The molecule has 0 aliphatic carbocycles. The Bertz CT molecular complexity index is 678. The van der Waals surface area contributed by atoms with Crippen LogP contribution in [0, 0.1) is 0 Å². The van der Waals surface area contributed by atoms with Crippen molar-refractivity contribution in [3.8, 4) is 0 Å². The van der Waals surface area contributed by atoms with Crippen molar-refractivity contribution >= 4 is 0 Å². The van der Waals surface area contributed by atoms with Crippen molar-refractivity contribution in [2.45, 2.75) is 37.9 Å². The third-order valence-electron chi connectivity index (χ3n) is 4.72. The van der Waals surface area contributed by atoms with Crippen molar-refractivity contribution in [3.05, 3.63) is 47.5 Å². The lowest BCUT2D eigenvalue weighted by Gasteiger charge is -2.27. The molecule has 2 aromatic rings. The number of hydrogen-bond acceptors (Lipinski definition) is 3. The fraction of sp³-hybridized carbons (Fsp3) is 0.529. The van der Waals surface area contributed by atoms with Crippen molar-refractivity contribution in [1.29, 1.82) is 0 Å². The average molecular weight is 338 g/mol. The fourth-order valence-electron chi connectivity index (χ4n) is 3.39. The van der Waals surface area contributed by atoms with Crippen LogP contribution in [-0.4, -0.2) is 32.8 Å². The number of alkyl halides is 3. The van der Waals surface area contributed by atoms with Gasteiger partial charge in [-0.2, -0.15) is 13.2 Å². The molecule has 2 atom stereocenters. The van der Waals surface area contributed by atoms with E-state index in [1.807, 2.05) is 11.6 Å². The number of nitrogens with zero attached hydrogens (tertiary/aromatic N) is 4. The van der Waals surface area contributed by atoms with Crippen molar-refractivity contribution < 1.29 is 13.2 Å². The van der Waals surface area contributed by atoms with Crippen LogP contribution in [0.2, 0.25) is 0 Å². The smallest absolute Gasteiger partial charge is 0.319 e. The Morgan fingerprint density at radius 2 is 1.96 bits per heavy atom. The van der Waals surface area contributed by atoms with Crippen molar-refractivity contribution in [2.75, 3.05) is 13.1 Å². The molecule has 0 spiro atoms. The van der Waals surface area contributed by atoms with E-state index in [9.17, 15) is 13.2 Å². The minimum atomic E-state index is -4.28. The molecule has 7 heteroatoms. The third-order valence-corrected chi connectivity index (χ3v) is 4.72. The highest BCUT2D eigenvalue weighted by atomic mass is 19.4. The van der Waals surface area contributed by atoms with Crippen LogP contribution in [0.5, 0.6) is 0 Å². The van der Waals surface area contributed by atoms with E-state index in [1.165, 1.54) is 0 Å². The molecule has 1 saturated heterocycles. The molecule has 3 rings (SSSR count). The quantitative estimate of drug-likeness (QED) is 0.851. The molecule has 1 aliphatic heterocycles. The van der Waals surface area contributed by atoms with E-state index in [0.717, 1.165) is 49.5 Å². The van der Waals surface area contributed by atoms with Gasteiger partial charge in [0.2, 0.25) is 0 Å². The van der Waals surface area contributed by atoms with E-state index in [1.54, 1.807) is 18.5 Å². The molecule has 2 heterocycles. The van der Waals surface area contributed by atoms with Gasteiger partial charge in [0, 0.05) is 13.6 Å². The highest BCUT2D eigenvalue weighted by Gasteiger charge is 2.32. The Morgan fingerprint density at radius 3 is 2.54 bits per heavy atom. The molecule has 4 nitrogen and oxygen atoms in total. The number of aromatic nitrogens is 3. The molecule has 1 fully saturated rings. The second-order valence-corrected chi connectivity index (χ2v) is 6.47. The summed E-state index contributed by atoms with van der Waals surface area (Å²) in [6.07, 6.45) is -0.457. The summed E-state index contributed by atoms with van der Waals surface area (Å²) < 4.78 is 39.9. The molecule has 0 unspecified atom stereocenters. The van der Waals surface area contributed by atoms with Crippen LogP contribution < -0.4 is 0 Å². The molecule has 0 radical (unpaired) electrons. The maximum Gasteiger partial charge on any atom is 0.416 e. The van der Waals surface area contributed by atoms with Gasteiger partial charge < -0.3 is 4.57 Å². The Kier molecular flexibility index (Phi) is 4.62. The van der Waals surface area contributed by atoms with Crippen LogP contribution in [0.25, 0.3) is 0 Å². The molecule has 0 amide bonds. The highest BCUT2D eigenvalue weighted by molar-refractivity contribution is 5.27. The van der Waals surface area contributed by atoms with E-state index in [4.69, 9.17) is 0 Å². The maximum atomic E-state index is 12.7. The summed E-state index contributed by atoms with van der Waals surface area (Å²) >= 11 is 0. The second-order valence-electron chi connectivity index (χ2n) is 6.47. The van der Waals surface area contributed by atoms with Crippen LogP contribution in [0.4, 0.5) is 13.2 Å². The van der Waals surface area contributed by atoms with Crippen LogP contribution in [0.15, 0.2) is 30.6 Å². The molecule has 0 N–H and O–H groups in total. The Morgan fingerprint density at radius 1 is 1.25 bits per heavy atom. The number of hydrogen-bond donors (Lipinski definition) is 0. The first-order valence-electron chi connectivity index (χ1n) is 8.11. The number of aryl methyl sites for hydroxylation is 1. The van der Waals surface area contributed by atoms with Gasteiger partial charge in [0.05, 0.1) is 11.6 Å². The Labute approximate surface area is 139 Å². The van der Waals surface area contributed by atoms with Gasteiger partial charge in [-0.25, -0.2) is 0 Å².